The van der Waals surface area contributed by atoms with Crippen molar-refractivity contribution in [1.29, 1.82) is 0 Å². The van der Waals surface area contributed by atoms with E-state index in [1.165, 1.54) is 18.3 Å². The molecule has 0 fully saturated rings. The molecule has 0 aliphatic heterocycles. The summed E-state index contributed by atoms with van der Waals surface area (Å²) in [7, 11) is 0. The quantitative estimate of drug-likeness (QED) is 0.305. The highest BCUT2D eigenvalue weighted by molar-refractivity contribution is 9.10. The molecule has 0 atom stereocenters. The molecule has 0 saturated heterocycles. The lowest BCUT2D eigenvalue weighted by molar-refractivity contribution is -0.137. The number of halogens is 5. The fraction of sp³-hybridized carbons (Fsp3) is 0.0909. The van der Waals surface area contributed by atoms with Crippen LogP contribution in [0.5, 0.6) is 5.75 Å². The molecule has 0 aromatic heterocycles. The number of carbonyl (C=O) groups excluding carboxylic acids is 1. The van der Waals surface area contributed by atoms with Crippen LogP contribution in [-0.4, -0.2) is 12.1 Å². The molecule has 1 N–H and O–H groups in total. The lowest BCUT2D eigenvalue weighted by Crippen LogP contribution is -2.18. The number of ether oxygens (including phenoxy) is 1. The molecule has 0 spiro atoms. The van der Waals surface area contributed by atoms with Crippen LogP contribution < -0.4 is 10.2 Å². The van der Waals surface area contributed by atoms with E-state index in [2.05, 4.69) is 26.5 Å². The SMILES string of the molecule is O=C(N/N=C\c1ccc(OCc2ccccc2Cl)c(Br)c1)c1cccc(C(F)(F)F)c1. The van der Waals surface area contributed by atoms with Crippen LogP contribution in [0.25, 0.3) is 0 Å². The van der Waals surface area contributed by atoms with Crippen molar-refractivity contribution < 1.29 is 22.7 Å². The van der Waals surface area contributed by atoms with E-state index in [0.717, 1.165) is 17.7 Å². The second-order valence-electron chi connectivity index (χ2n) is 6.35. The molecule has 0 saturated carbocycles. The summed E-state index contributed by atoms with van der Waals surface area (Å²) in [4.78, 5) is 12.1. The molecule has 31 heavy (non-hydrogen) atoms. The minimum atomic E-state index is -4.53. The summed E-state index contributed by atoms with van der Waals surface area (Å²) in [5, 5.41) is 4.41. The molecule has 160 valence electrons. The Morgan fingerprint density at radius 2 is 1.87 bits per heavy atom. The van der Waals surface area contributed by atoms with E-state index in [4.69, 9.17) is 16.3 Å². The Kier molecular flexibility index (Phi) is 7.35. The number of nitrogens with zero attached hydrogens (tertiary/aromatic N) is 1. The van der Waals surface area contributed by atoms with Crippen molar-refractivity contribution in [2.45, 2.75) is 12.8 Å². The Morgan fingerprint density at radius 3 is 2.58 bits per heavy atom. The van der Waals surface area contributed by atoms with Crippen LogP contribution in [0.1, 0.15) is 27.0 Å². The van der Waals surface area contributed by atoms with Crippen LogP contribution in [0.15, 0.2) is 76.3 Å². The van der Waals surface area contributed by atoms with Gasteiger partial charge in [-0.25, -0.2) is 5.43 Å². The molecule has 9 heteroatoms. The standard InChI is InChI=1S/C22H15BrClF3N2O2/c23-18-10-14(8-9-20(18)31-13-16-4-1-2-7-19(16)24)12-28-29-21(30)15-5-3-6-17(11-15)22(25,26)27/h1-12H,13H2,(H,29,30)/b28-12-. The van der Waals surface area contributed by atoms with Crippen LogP contribution in [0.3, 0.4) is 0 Å². The van der Waals surface area contributed by atoms with Gasteiger partial charge in [0.15, 0.2) is 0 Å². The Hall–Kier alpha value is -2.84. The summed E-state index contributed by atoms with van der Waals surface area (Å²) in [6.45, 7) is 0.290. The molecule has 0 bridgehead atoms. The first kappa shape index (κ1) is 22.8. The highest BCUT2D eigenvalue weighted by Gasteiger charge is 2.30. The van der Waals surface area contributed by atoms with Gasteiger partial charge in [0.25, 0.3) is 5.91 Å². The lowest BCUT2D eigenvalue weighted by atomic mass is 10.1. The molecule has 3 aromatic carbocycles. The highest BCUT2D eigenvalue weighted by atomic mass is 79.9. The number of carbonyl (C=O) groups is 1. The third-order valence-electron chi connectivity index (χ3n) is 4.13. The molecule has 0 aliphatic carbocycles. The summed E-state index contributed by atoms with van der Waals surface area (Å²) in [6, 6.07) is 16.6. The molecular weight excluding hydrogens is 497 g/mol. The summed E-state index contributed by atoms with van der Waals surface area (Å²) < 4.78 is 44.7. The fourth-order valence-electron chi connectivity index (χ4n) is 2.55. The highest BCUT2D eigenvalue weighted by Crippen LogP contribution is 2.30. The van der Waals surface area contributed by atoms with Gasteiger partial charge in [-0.2, -0.15) is 18.3 Å². The van der Waals surface area contributed by atoms with Crippen molar-refractivity contribution in [3.8, 4) is 5.75 Å². The molecule has 0 heterocycles. The molecule has 3 rings (SSSR count). The third-order valence-corrected chi connectivity index (χ3v) is 5.12. The number of rotatable bonds is 6. The van der Waals surface area contributed by atoms with Crippen LogP contribution in [0, 0.1) is 0 Å². The van der Waals surface area contributed by atoms with E-state index in [1.54, 1.807) is 24.3 Å². The Bertz CT molecular complexity index is 1120. The van der Waals surface area contributed by atoms with Crippen LogP contribution in [0.2, 0.25) is 5.02 Å². The molecule has 4 nitrogen and oxygen atoms in total. The number of hydrazone groups is 1. The Morgan fingerprint density at radius 1 is 1.10 bits per heavy atom. The van der Waals surface area contributed by atoms with E-state index < -0.39 is 17.6 Å². The maximum Gasteiger partial charge on any atom is 0.416 e. The smallest absolute Gasteiger partial charge is 0.416 e. The zero-order valence-electron chi connectivity index (χ0n) is 15.8. The average Bonchev–Trinajstić information content (AvgIpc) is 2.73. The van der Waals surface area contributed by atoms with Gasteiger partial charge in [0, 0.05) is 16.1 Å². The second-order valence-corrected chi connectivity index (χ2v) is 7.61. The first-order valence-corrected chi connectivity index (χ1v) is 10.1. The zero-order chi connectivity index (χ0) is 22.4. The van der Waals surface area contributed by atoms with Gasteiger partial charge in [-0.1, -0.05) is 35.9 Å². The molecular formula is C22H15BrClF3N2O2. The van der Waals surface area contributed by atoms with Gasteiger partial charge in [0.05, 0.1) is 16.3 Å². The lowest BCUT2D eigenvalue weighted by Gasteiger charge is -2.10. The number of hydrogen-bond acceptors (Lipinski definition) is 3. The maximum absolute atomic E-state index is 12.8. The summed E-state index contributed by atoms with van der Waals surface area (Å²) in [5.41, 5.74) is 2.66. The minimum absolute atomic E-state index is 0.142. The first-order valence-electron chi connectivity index (χ1n) is 8.90. The first-order chi connectivity index (χ1) is 14.7. The largest absolute Gasteiger partial charge is 0.488 e. The average molecular weight is 512 g/mol. The number of alkyl halides is 3. The number of amides is 1. The van der Waals surface area contributed by atoms with Crippen LogP contribution >= 0.6 is 27.5 Å². The normalized spacial score (nSPS) is 11.5. The van der Waals surface area contributed by atoms with Crippen LogP contribution in [-0.2, 0) is 12.8 Å². The Labute approximate surface area is 189 Å². The van der Waals surface area contributed by atoms with Crippen molar-refractivity contribution in [3.05, 3.63) is 98.5 Å². The second kappa shape index (κ2) is 9.98. The van der Waals surface area contributed by atoms with Crippen molar-refractivity contribution in [2.24, 2.45) is 5.10 Å². The van der Waals surface area contributed by atoms with Gasteiger partial charge in [0.2, 0.25) is 0 Å². The molecule has 3 aromatic rings. The van der Waals surface area contributed by atoms with Crippen molar-refractivity contribution in [3.63, 3.8) is 0 Å². The van der Waals surface area contributed by atoms with Gasteiger partial charge in [0.1, 0.15) is 12.4 Å². The van der Waals surface area contributed by atoms with Crippen molar-refractivity contribution >= 4 is 39.7 Å². The van der Waals surface area contributed by atoms with E-state index in [9.17, 15) is 18.0 Å². The number of nitrogens with one attached hydrogen (secondary N) is 1. The van der Waals surface area contributed by atoms with E-state index in [1.807, 2.05) is 18.2 Å². The Balaban J connectivity index is 1.61. The molecule has 0 unspecified atom stereocenters. The van der Waals surface area contributed by atoms with Gasteiger partial charge in [-0.15, -0.1) is 0 Å². The third kappa shape index (κ3) is 6.32. The topological polar surface area (TPSA) is 50.7 Å². The van der Waals surface area contributed by atoms with E-state index in [0.29, 0.717) is 27.4 Å². The summed E-state index contributed by atoms with van der Waals surface area (Å²) in [5.74, 6) is -0.161. The molecule has 0 aliphatic rings. The number of benzene rings is 3. The van der Waals surface area contributed by atoms with Crippen molar-refractivity contribution in [2.75, 3.05) is 0 Å². The van der Waals surface area contributed by atoms with Gasteiger partial charge in [-0.3, -0.25) is 4.79 Å². The van der Waals surface area contributed by atoms with Gasteiger partial charge in [-0.05, 0) is 64.0 Å². The predicted molar refractivity (Wildman–Crippen MR) is 116 cm³/mol. The van der Waals surface area contributed by atoms with E-state index in [-0.39, 0.29) is 5.56 Å². The van der Waals surface area contributed by atoms with Gasteiger partial charge >= 0.3 is 6.18 Å². The number of hydrogen-bond donors (Lipinski definition) is 1. The van der Waals surface area contributed by atoms with E-state index >= 15 is 0 Å². The summed E-state index contributed by atoms with van der Waals surface area (Å²) >= 11 is 9.52. The molecule has 1 amide bonds. The predicted octanol–water partition coefficient (Wildman–Crippen LogP) is 6.46. The summed E-state index contributed by atoms with van der Waals surface area (Å²) in [6.07, 6.45) is -3.16. The van der Waals surface area contributed by atoms with Gasteiger partial charge < -0.3 is 4.74 Å². The maximum atomic E-state index is 12.8. The van der Waals surface area contributed by atoms with Crippen molar-refractivity contribution in [1.82, 2.24) is 5.43 Å². The zero-order valence-corrected chi connectivity index (χ0v) is 18.1. The monoisotopic (exact) mass is 510 g/mol. The minimum Gasteiger partial charge on any atom is -0.488 e. The molecule has 0 radical (unpaired) electrons. The fourth-order valence-corrected chi connectivity index (χ4v) is 3.25. The van der Waals surface area contributed by atoms with Crippen LogP contribution in [0.4, 0.5) is 13.2 Å².